The van der Waals surface area contributed by atoms with Gasteiger partial charge in [0, 0.05) is 28.6 Å². The Morgan fingerprint density at radius 1 is 1.07 bits per heavy atom. The standard InChI is InChI=1S/C23H21N5OS/c29-22-15-12-17(27-20(15)23(13-26-22)6-9-24-10-7-23)16-5-8-25-21(28-16)19-11-14-3-1-2-4-18(14)30-19/h1-5,8,11-12,24,27H,6-7,9-10,13H2,(H,26,29). The summed E-state index contributed by atoms with van der Waals surface area (Å²) in [5.41, 5.74) is 3.47. The van der Waals surface area contributed by atoms with Gasteiger partial charge in [-0.1, -0.05) is 18.2 Å². The van der Waals surface area contributed by atoms with Crippen molar-refractivity contribution in [2.24, 2.45) is 0 Å². The summed E-state index contributed by atoms with van der Waals surface area (Å²) in [7, 11) is 0. The van der Waals surface area contributed by atoms with Crippen molar-refractivity contribution in [1.82, 2.24) is 25.6 Å². The zero-order valence-corrected chi connectivity index (χ0v) is 17.2. The second kappa shape index (κ2) is 6.75. The van der Waals surface area contributed by atoms with Gasteiger partial charge in [-0.25, -0.2) is 9.97 Å². The molecule has 6 rings (SSSR count). The van der Waals surface area contributed by atoms with Crippen molar-refractivity contribution in [2.75, 3.05) is 19.6 Å². The summed E-state index contributed by atoms with van der Waals surface area (Å²) in [5, 5.41) is 7.73. The van der Waals surface area contributed by atoms with E-state index < -0.39 is 0 Å². The molecule has 0 radical (unpaired) electrons. The fourth-order valence-corrected chi connectivity index (χ4v) is 5.68. The lowest BCUT2D eigenvalue weighted by atomic mass is 9.73. The van der Waals surface area contributed by atoms with E-state index in [2.05, 4.69) is 38.8 Å². The SMILES string of the molecule is O=C1NCC2(CCNCC2)c2[nH]c(-c3ccnc(-c4cc5ccccc5s4)n3)cc21. The molecule has 1 aromatic carbocycles. The molecule has 6 nitrogen and oxygen atoms in total. The average Bonchev–Trinajstić information content (AvgIpc) is 3.43. The highest BCUT2D eigenvalue weighted by molar-refractivity contribution is 7.22. The van der Waals surface area contributed by atoms with Gasteiger partial charge in [0.2, 0.25) is 0 Å². The summed E-state index contributed by atoms with van der Waals surface area (Å²) >= 11 is 1.69. The number of nitrogens with zero attached hydrogens (tertiary/aromatic N) is 2. The normalized spacial score (nSPS) is 17.8. The van der Waals surface area contributed by atoms with Crippen LogP contribution in [0.4, 0.5) is 0 Å². The molecule has 5 heterocycles. The van der Waals surface area contributed by atoms with Crippen molar-refractivity contribution in [3.63, 3.8) is 0 Å². The van der Waals surface area contributed by atoms with Gasteiger partial charge in [0.1, 0.15) is 0 Å². The van der Waals surface area contributed by atoms with E-state index in [9.17, 15) is 4.79 Å². The molecule has 30 heavy (non-hydrogen) atoms. The first-order valence-electron chi connectivity index (χ1n) is 10.3. The highest BCUT2D eigenvalue weighted by Gasteiger charge is 2.42. The summed E-state index contributed by atoms with van der Waals surface area (Å²) < 4.78 is 1.22. The van der Waals surface area contributed by atoms with Crippen LogP contribution in [0.15, 0.2) is 48.7 Å². The van der Waals surface area contributed by atoms with Gasteiger partial charge in [0.15, 0.2) is 5.82 Å². The summed E-state index contributed by atoms with van der Waals surface area (Å²) in [6.45, 7) is 2.62. The fraction of sp³-hybridized carbons (Fsp3) is 0.261. The number of carbonyl (C=O) groups is 1. The topological polar surface area (TPSA) is 82.7 Å². The van der Waals surface area contributed by atoms with E-state index in [4.69, 9.17) is 4.98 Å². The number of amides is 1. The number of carbonyl (C=O) groups excluding carboxylic acids is 1. The van der Waals surface area contributed by atoms with Gasteiger partial charge in [-0.15, -0.1) is 11.3 Å². The Bertz CT molecular complexity index is 1230. The second-order valence-corrected chi connectivity index (χ2v) is 9.18. The van der Waals surface area contributed by atoms with Gasteiger partial charge in [0.05, 0.1) is 21.8 Å². The molecule has 4 aromatic rings. The number of H-pyrrole nitrogens is 1. The van der Waals surface area contributed by atoms with Gasteiger partial charge >= 0.3 is 0 Å². The van der Waals surface area contributed by atoms with Gasteiger partial charge in [-0.2, -0.15) is 0 Å². The van der Waals surface area contributed by atoms with E-state index in [1.807, 2.05) is 24.3 Å². The number of fused-ring (bicyclic) bond motifs is 3. The van der Waals surface area contributed by atoms with Gasteiger partial charge in [0.25, 0.3) is 5.91 Å². The maximum absolute atomic E-state index is 12.6. The van der Waals surface area contributed by atoms with Crippen LogP contribution in [0.1, 0.15) is 28.9 Å². The maximum Gasteiger partial charge on any atom is 0.253 e. The van der Waals surface area contributed by atoms with Gasteiger partial charge < -0.3 is 15.6 Å². The Morgan fingerprint density at radius 3 is 2.80 bits per heavy atom. The molecule has 7 heteroatoms. The van der Waals surface area contributed by atoms with Crippen LogP contribution in [-0.2, 0) is 5.41 Å². The van der Waals surface area contributed by atoms with Crippen LogP contribution in [0, 0.1) is 0 Å². The monoisotopic (exact) mass is 415 g/mol. The van der Waals surface area contributed by atoms with E-state index in [0.717, 1.165) is 53.5 Å². The molecule has 1 saturated heterocycles. The zero-order valence-electron chi connectivity index (χ0n) is 16.4. The van der Waals surface area contributed by atoms with E-state index in [-0.39, 0.29) is 11.3 Å². The average molecular weight is 416 g/mol. The Kier molecular flexibility index (Phi) is 4.01. The molecule has 2 aliphatic rings. The van der Waals surface area contributed by atoms with Crippen LogP contribution in [0.2, 0.25) is 0 Å². The van der Waals surface area contributed by atoms with Crippen molar-refractivity contribution in [3.8, 4) is 22.1 Å². The minimum absolute atomic E-state index is 0.00422. The molecule has 0 saturated carbocycles. The third-order valence-corrected chi connectivity index (χ3v) is 7.43. The van der Waals surface area contributed by atoms with Crippen molar-refractivity contribution in [1.29, 1.82) is 0 Å². The predicted molar refractivity (Wildman–Crippen MR) is 119 cm³/mol. The first-order chi connectivity index (χ1) is 14.7. The Balaban J connectivity index is 1.42. The number of piperidine rings is 1. The molecule has 1 fully saturated rings. The van der Waals surface area contributed by atoms with E-state index in [0.29, 0.717) is 12.4 Å². The number of nitrogens with one attached hydrogen (secondary N) is 3. The molecule has 0 atom stereocenters. The quantitative estimate of drug-likeness (QED) is 0.466. The lowest BCUT2D eigenvalue weighted by Gasteiger charge is -2.40. The molecule has 3 N–H and O–H groups in total. The zero-order chi connectivity index (χ0) is 20.1. The van der Waals surface area contributed by atoms with Crippen LogP contribution in [0.25, 0.3) is 32.2 Å². The molecule has 0 unspecified atom stereocenters. The number of hydrogen-bond donors (Lipinski definition) is 3. The summed E-state index contributed by atoms with van der Waals surface area (Å²) in [5.74, 6) is 0.706. The maximum atomic E-state index is 12.6. The van der Waals surface area contributed by atoms with Crippen molar-refractivity contribution in [2.45, 2.75) is 18.3 Å². The summed E-state index contributed by atoms with van der Waals surface area (Å²) in [6.07, 6.45) is 3.82. The van der Waals surface area contributed by atoms with Crippen LogP contribution >= 0.6 is 11.3 Å². The van der Waals surface area contributed by atoms with Crippen molar-refractivity contribution < 1.29 is 4.79 Å². The molecule has 1 amide bonds. The highest BCUT2D eigenvalue weighted by Crippen LogP contribution is 2.39. The Hall–Kier alpha value is -3.03. The molecule has 3 aromatic heterocycles. The lowest BCUT2D eigenvalue weighted by molar-refractivity contribution is 0.0913. The molecule has 0 aliphatic carbocycles. The summed E-state index contributed by atoms with van der Waals surface area (Å²) in [6, 6.07) is 14.3. The van der Waals surface area contributed by atoms with E-state index in [1.165, 1.54) is 10.1 Å². The minimum Gasteiger partial charge on any atom is -0.356 e. The lowest BCUT2D eigenvalue weighted by Crippen LogP contribution is -2.51. The van der Waals surface area contributed by atoms with Crippen molar-refractivity contribution in [3.05, 3.63) is 59.9 Å². The van der Waals surface area contributed by atoms with Gasteiger partial charge in [-0.3, -0.25) is 4.79 Å². The number of aromatic amines is 1. The summed E-state index contributed by atoms with van der Waals surface area (Å²) in [4.78, 5) is 26.5. The van der Waals surface area contributed by atoms with Crippen molar-refractivity contribution >= 4 is 27.3 Å². The largest absolute Gasteiger partial charge is 0.356 e. The third-order valence-electron chi connectivity index (χ3n) is 6.32. The first kappa shape index (κ1) is 17.8. The van der Waals surface area contributed by atoms with Crippen LogP contribution in [0.5, 0.6) is 0 Å². The smallest absolute Gasteiger partial charge is 0.253 e. The Labute approximate surface area is 177 Å². The second-order valence-electron chi connectivity index (χ2n) is 8.10. The number of thiophene rings is 1. The Morgan fingerprint density at radius 2 is 1.93 bits per heavy atom. The number of rotatable bonds is 2. The molecule has 150 valence electrons. The number of benzene rings is 1. The van der Waals surface area contributed by atoms with Crippen LogP contribution in [0.3, 0.4) is 0 Å². The molecule has 2 aliphatic heterocycles. The van der Waals surface area contributed by atoms with E-state index >= 15 is 0 Å². The number of aromatic nitrogens is 3. The molecule has 1 spiro atoms. The minimum atomic E-state index is -0.0198. The number of hydrogen-bond acceptors (Lipinski definition) is 5. The van der Waals surface area contributed by atoms with Gasteiger partial charge in [-0.05, 0) is 55.6 Å². The first-order valence-corrected chi connectivity index (χ1v) is 11.1. The fourth-order valence-electron chi connectivity index (χ4n) is 4.67. The predicted octanol–water partition coefficient (Wildman–Crippen LogP) is 3.72. The van der Waals surface area contributed by atoms with E-state index in [1.54, 1.807) is 17.5 Å². The third kappa shape index (κ3) is 2.77. The molecular weight excluding hydrogens is 394 g/mol. The molecule has 0 bridgehead atoms. The molecular formula is C23H21N5OS. The van der Waals surface area contributed by atoms with Crippen LogP contribution in [-0.4, -0.2) is 40.5 Å². The highest BCUT2D eigenvalue weighted by atomic mass is 32.1. The van der Waals surface area contributed by atoms with Crippen LogP contribution < -0.4 is 10.6 Å².